The average molecular weight is 411 g/mol. The summed E-state index contributed by atoms with van der Waals surface area (Å²) in [6.45, 7) is 0.970. The van der Waals surface area contributed by atoms with Crippen LogP contribution in [0.25, 0.3) is 0 Å². The quantitative estimate of drug-likeness (QED) is 0.527. The van der Waals surface area contributed by atoms with Crippen LogP contribution in [0.3, 0.4) is 0 Å². The van der Waals surface area contributed by atoms with Crippen molar-refractivity contribution in [1.82, 2.24) is 5.32 Å². The first-order chi connectivity index (χ1) is 12.0. The van der Waals surface area contributed by atoms with Crippen LogP contribution in [0.1, 0.15) is 32.1 Å². The van der Waals surface area contributed by atoms with E-state index in [1.165, 1.54) is 7.11 Å². The van der Waals surface area contributed by atoms with Gasteiger partial charge in [-0.25, -0.2) is 0 Å². The summed E-state index contributed by atoms with van der Waals surface area (Å²) >= 11 is 3.37. The zero-order valence-electron chi connectivity index (χ0n) is 14.3. The molecule has 0 bridgehead atoms. The number of carbonyl (C=O) groups excluding carboxylic acids is 3. The second-order valence-corrected chi connectivity index (χ2v) is 6.98. The molecular weight excluding hydrogens is 388 g/mol. The summed E-state index contributed by atoms with van der Waals surface area (Å²) in [5.74, 6) is -0.630. The molecule has 1 aromatic carbocycles. The van der Waals surface area contributed by atoms with Crippen molar-refractivity contribution < 1.29 is 19.1 Å². The molecule has 6 nitrogen and oxygen atoms in total. The number of ether oxygens (including phenoxy) is 1. The van der Waals surface area contributed by atoms with E-state index >= 15 is 0 Å². The number of carbonyl (C=O) groups is 3. The first-order valence-corrected chi connectivity index (χ1v) is 9.21. The van der Waals surface area contributed by atoms with Gasteiger partial charge in [-0.1, -0.05) is 22.4 Å². The Morgan fingerprint density at radius 2 is 1.96 bits per heavy atom. The summed E-state index contributed by atoms with van der Waals surface area (Å²) in [6, 6.07) is 7.49. The van der Waals surface area contributed by atoms with E-state index in [0.29, 0.717) is 19.5 Å². The van der Waals surface area contributed by atoms with Crippen LogP contribution in [0.5, 0.6) is 0 Å². The molecule has 25 heavy (non-hydrogen) atoms. The minimum absolute atomic E-state index is 0.0273. The van der Waals surface area contributed by atoms with Crippen molar-refractivity contribution in [3.8, 4) is 0 Å². The lowest BCUT2D eigenvalue weighted by atomic mass is 10.1. The molecule has 0 aliphatic carbocycles. The number of anilines is 1. The third kappa shape index (κ3) is 5.85. The number of esters is 1. The molecule has 0 spiro atoms. The summed E-state index contributed by atoms with van der Waals surface area (Å²) in [6.07, 6.45) is 3.06. The Bertz CT molecular complexity index is 618. The molecule has 0 unspecified atom stereocenters. The maximum absolute atomic E-state index is 12.2. The summed E-state index contributed by atoms with van der Waals surface area (Å²) in [7, 11) is 1.38. The van der Waals surface area contributed by atoms with Crippen molar-refractivity contribution in [3.63, 3.8) is 0 Å². The molecular formula is C18H23BrN2O4. The van der Waals surface area contributed by atoms with E-state index < -0.39 is 0 Å². The van der Waals surface area contributed by atoms with E-state index in [9.17, 15) is 14.4 Å². The van der Waals surface area contributed by atoms with E-state index in [1.807, 2.05) is 24.3 Å². The Labute approximate surface area is 156 Å². The van der Waals surface area contributed by atoms with Crippen molar-refractivity contribution in [2.45, 2.75) is 32.1 Å². The average Bonchev–Trinajstić information content (AvgIpc) is 3.00. The number of unbranched alkanes of at least 4 members (excludes halogenated alkanes) is 2. The van der Waals surface area contributed by atoms with Gasteiger partial charge in [0, 0.05) is 36.1 Å². The van der Waals surface area contributed by atoms with Gasteiger partial charge in [0.2, 0.25) is 11.8 Å². The third-order valence-corrected chi connectivity index (χ3v) is 4.75. The predicted octanol–water partition coefficient (Wildman–Crippen LogP) is 2.65. The number of nitrogens with one attached hydrogen (secondary N) is 1. The molecule has 0 aromatic heterocycles. The van der Waals surface area contributed by atoms with E-state index in [-0.39, 0.29) is 30.1 Å². The summed E-state index contributed by atoms with van der Waals surface area (Å²) in [4.78, 5) is 37.1. The minimum atomic E-state index is -0.314. The van der Waals surface area contributed by atoms with E-state index in [4.69, 9.17) is 0 Å². The molecule has 1 N–H and O–H groups in total. The lowest BCUT2D eigenvalue weighted by Crippen LogP contribution is -2.33. The number of rotatable bonds is 8. The summed E-state index contributed by atoms with van der Waals surface area (Å²) < 4.78 is 5.53. The molecule has 1 atom stereocenters. The number of halogens is 1. The van der Waals surface area contributed by atoms with Crippen molar-refractivity contribution >= 4 is 39.4 Å². The Hall–Kier alpha value is -1.89. The fraction of sp³-hybridized carbons (Fsp3) is 0.500. The van der Waals surface area contributed by atoms with Gasteiger partial charge in [-0.05, 0) is 37.1 Å². The van der Waals surface area contributed by atoms with Crippen LogP contribution in [0, 0.1) is 5.92 Å². The highest BCUT2D eigenvalue weighted by molar-refractivity contribution is 9.10. The summed E-state index contributed by atoms with van der Waals surface area (Å²) in [5.41, 5.74) is 0.811. The molecule has 136 valence electrons. The Balaban J connectivity index is 1.71. The lowest BCUT2D eigenvalue weighted by molar-refractivity contribution is -0.140. The highest BCUT2D eigenvalue weighted by atomic mass is 79.9. The number of amides is 2. The molecule has 0 radical (unpaired) electrons. The van der Waals surface area contributed by atoms with Gasteiger partial charge in [0.15, 0.2) is 0 Å². The molecule has 1 aromatic rings. The minimum Gasteiger partial charge on any atom is -0.469 e. The molecule has 1 heterocycles. The van der Waals surface area contributed by atoms with Crippen LogP contribution in [-0.2, 0) is 19.1 Å². The van der Waals surface area contributed by atoms with Crippen LogP contribution in [0.15, 0.2) is 28.7 Å². The van der Waals surface area contributed by atoms with Crippen LogP contribution in [0.4, 0.5) is 5.69 Å². The number of hydrogen-bond acceptors (Lipinski definition) is 4. The maximum Gasteiger partial charge on any atom is 0.305 e. The fourth-order valence-electron chi connectivity index (χ4n) is 2.78. The first kappa shape index (κ1) is 19.4. The van der Waals surface area contributed by atoms with Crippen molar-refractivity contribution in [2.75, 3.05) is 25.1 Å². The van der Waals surface area contributed by atoms with Gasteiger partial charge in [-0.2, -0.15) is 0 Å². The first-order valence-electron chi connectivity index (χ1n) is 8.41. The Morgan fingerprint density at radius 3 is 2.64 bits per heavy atom. The van der Waals surface area contributed by atoms with Crippen LogP contribution >= 0.6 is 15.9 Å². The molecule has 1 aliphatic rings. The number of methoxy groups -OCH3 is 1. The second-order valence-electron chi connectivity index (χ2n) is 6.06. The second kappa shape index (κ2) is 9.56. The predicted molar refractivity (Wildman–Crippen MR) is 98.1 cm³/mol. The number of nitrogens with zero attached hydrogens (tertiary/aromatic N) is 1. The number of hydrogen-bond donors (Lipinski definition) is 1. The van der Waals surface area contributed by atoms with Gasteiger partial charge in [0.1, 0.15) is 0 Å². The number of benzene rings is 1. The molecule has 1 aliphatic heterocycles. The van der Waals surface area contributed by atoms with Gasteiger partial charge < -0.3 is 15.0 Å². The normalized spacial score (nSPS) is 16.8. The smallest absolute Gasteiger partial charge is 0.305 e. The highest BCUT2D eigenvalue weighted by Gasteiger charge is 2.34. The fourth-order valence-corrected chi connectivity index (χ4v) is 3.05. The van der Waals surface area contributed by atoms with Gasteiger partial charge in [-0.3, -0.25) is 14.4 Å². The SMILES string of the molecule is COC(=O)CCCCCNC(=O)[C@H]1CC(=O)N(c2ccc(Br)cc2)C1. The van der Waals surface area contributed by atoms with Gasteiger partial charge in [0.05, 0.1) is 13.0 Å². The monoisotopic (exact) mass is 410 g/mol. The van der Waals surface area contributed by atoms with E-state index in [1.54, 1.807) is 4.90 Å². The Morgan fingerprint density at radius 1 is 1.24 bits per heavy atom. The highest BCUT2D eigenvalue weighted by Crippen LogP contribution is 2.26. The summed E-state index contributed by atoms with van der Waals surface area (Å²) in [5, 5.41) is 2.89. The van der Waals surface area contributed by atoms with Crippen molar-refractivity contribution in [1.29, 1.82) is 0 Å². The lowest BCUT2D eigenvalue weighted by Gasteiger charge is -2.16. The molecule has 1 fully saturated rings. The Kier molecular flexibility index (Phi) is 7.43. The van der Waals surface area contributed by atoms with Gasteiger partial charge >= 0.3 is 5.97 Å². The molecule has 1 saturated heterocycles. The van der Waals surface area contributed by atoms with Crippen LogP contribution < -0.4 is 10.2 Å². The molecule has 0 saturated carbocycles. The van der Waals surface area contributed by atoms with Crippen molar-refractivity contribution in [2.24, 2.45) is 5.92 Å². The maximum atomic E-state index is 12.2. The molecule has 7 heteroatoms. The third-order valence-electron chi connectivity index (χ3n) is 4.22. The van der Waals surface area contributed by atoms with Crippen LogP contribution in [-0.4, -0.2) is 38.0 Å². The van der Waals surface area contributed by atoms with E-state index in [2.05, 4.69) is 26.0 Å². The zero-order valence-corrected chi connectivity index (χ0v) is 15.9. The molecule has 2 amide bonds. The van der Waals surface area contributed by atoms with Gasteiger partial charge in [0.25, 0.3) is 0 Å². The topological polar surface area (TPSA) is 75.7 Å². The van der Waals surface area contributed by atoms with Crippen LogP contribution in [0.2, 0.25) is 0 Å². The zero-order chi connectivity index (χ0) is 18.2. The molecule has 2 rings (SSSR count). The standard InChI is InChI=1S/C18H23BrN2O4/c1-25-17(23)5-3-2-4-10-20-18(24)13-11-16(22)21(12-13)15-8-6-14(19)7-9-15/h6-9,13H,2-5,10-12H2,1H3,(H,20,24)/t13-/m0/s1. The van der Waals surface area contributed by atoms with Gasteiger partial charge in [-0.15, -0.1) is 0 Å². The van der Waals surface area contributed by atoms with E-state index in [0.717, 1.165) is 29.4 Å². The van der Waals surface area contributed by atoms with Crippen molar-refractivity contribution in [3.05, 3.63) is 28.7 Å². The largest absolute Gasteiger partial charge is 0.469 e.